The maximum atomic E-state index is 13.1. The van der Waals surface area contributed by atoms with E-state index in [4.69, 9.17) is 9.47 Å². The summed E-state index contributed by atoms with van der Waals surface area (Å²) >= 11 is 0. The van der Waals surface area contributed by atoms with Crippen LogP contribution in [0.2, 0.25) is 0 Å². The molecule has 0 saturated carbocycles. The van der Waals surface area contributed by atoms with Crippen molar-refractivity contribution < 1.29 is 39.8 Å². The van der Waals surface area contributed by atoms with Crippen molar-refractivity contribution in [3.63, 3.8) is 0 Å². The molecule has 0 aromatic rings. The highest BCUT2D eigenvalue weighted by molar-refractivity contribution is 5.76. The second-order valence-corrected chi connectivity index (χ2v) is 25.0. The summed E-state index contributed by atoms with van der Waals surface area (Å²) in [6.45, 7) is 3.79. The minimum Gasteiger partial charge on any atom is -0.394 e. The molecule has 1 aliphatic rings. The van der Waals surface area contributed by atoms with E-state index in [9.17, 15) is 30.3 Å². The molecule has 0 aromatic heterocycles. The third kappa shape index (κ3) is 51.6. The molecule has 1 amide bonds. The van der Waals surface area contributed by atoms with Gasteiger partial charge in [-0.1, -0.05) is 325 Å². The molecule has 0 spiro atoms. The lowest BCUT2D eigenvalue weighted by Crippen LogP contribution is -2.60. The van der Waals surface area contributed by atoms with Crippen molar-refractivity contribution in [3.05, 3.63) is 60.8 Å². The van der Waals surface area contributed by atoms with Gasteiger partial charge in [0.1, 0.15) is 24.4 Å². The fraction of sp³-hybridized carbons (Fsp3) is 0.851. The second-order valence-electron chi connectivity index (χ2n) is 25.0. The molecule has 83 heavy (non-hydrogen) atoms. The Balaban J connectivity index is 2.10. The highest BCUT2D eigenvalue weighted by atomic mass is 16.7. The summed E-state index contributed by atoms with van der Waals surface area (Å²) in [6.07, 6.45) is 80.6. The molecule has 1 rings (SSSR count). The van der Waals surface area contributed by atoms with Crippen LogP contribution in [0.5, 0.6) is 0 Å². The average Bonchev–Trinajstić information content (AvgIpc) is 3.60. The van der Waals surface area contributed by atoms with Gasteiger partial charge in [0, 0.05) is 6.42 Å². The Hall–Kier alpha value is -2.11. The average molecular weight is 1170 g/mol. The first-order valence-corrected chi connectivity index (χ1v) is 36.0. The first-order chi connectivity index (χ1) is 40.8. The van der Waals surface area contributed by atoms with Gasteiger partial charge in [0.2, 0.25) is 5.91 Å². The lowest BCUT2D eigenvalue weighted by molar-refractivity contribution is -0.302. The normalized spacial score (nSPS) is 18.6. The number of hydrogen-bond acceptors (Lipinski definition) is 8. The van der Waals surface area contributed by atoms with Crippen LogP contribution in [-0.4, -0.2) is 87.5 Å². The number of nitrogens with one attached hydrogen (secondary N) is 1. The summed E-state index contributed by atoms with van der Waals surface area (Å²) in [5.41, 5.74) is 0. The number of amides is 1. The van der Waals surface area contributed by atoms with Crippen LogP contribution in [0.25, 0.3) is 0 Å². The first-order valence-electron chi connectivity index (χ1n) is 36.0. The maximum Gasteiger partial charge on any atom is 0.220 e. The minimum atomic E-state index is -1.58. The Labute approximate surface area is 513 Å². The van der Waals surface area contributed by atoms with Crippen molar-refractivity contribution in [1.29, 1.82) is 0 Å². The lowest BCUT2D eigenvalue weighted by Gasteiger charge is -2.40. The fourth-order valence-corrected chi connectivity index (χ4v) is 11.4. The van der Waals surface area contributed by atoms with Gasteiger partial charge in [-0.05, 0) is 77.0 Å². The van der Waals surface area contributed by atoms with Gasteiger partial charge in [-0.15, -0.1) is 0 Å². The fourth-order valence-electron chi connectivity index (χ4n) is 11.4. The van der Waals surface area contributed by atoms with E-state index in [2.05, 4.69) is 67.8 Å². The maximum absolute atomic E-state index is 13.1. The Morgan fingerprint density at radius 2 is 0.723 bits per heavy atom. The van der Waals surface area contributed by atoms with Crippen molar-refractivity contribution in [1.82, 2.24) is 5.32 Å². The summed E-state index contributed by atoms with van der Waals surface area (Å²) in [6, 6.07) is -0.830. The van der Waals surface area contributed by atoms with Gasteiger partial charge in [0.25, 0.3) is 0 Å². The van der Waals surface area contributed by atoms with Gasteiger partial charge in [-0.2, -0.15) is 0 Å². The standard InChI is InChI=1S/C74H137NO8/c1-3-5-7-9-11-13-15-17-19-21-23-25-27-28-29-30-31-32-33-34-35-36-37-38-39-40-42-44-46-48-50-52-54-56-58-60-62-64-70(78)75-67(66-82-74-73(81)72(80)71(79)69(65-76)83-74)68(77)63-61-59-57-55-53-51-49-47-45-43-41-26-24-22-20-18-16-14-12-10-8-6-4-2/h15,17,21,23,45,47,53,55,61,63,67-69,71-74,76-77,79-81H,3-14,16,18-20,22,24-44,46,48-52,54,56-60,62,64-66H2,1-2H3,(H,75,78)/b17-15-,23-21-,47-45+,55-53+,63-61+. The molecular weight excluding hydrogens is 1030 g/mol. The third-order valence-corrected chi connectivity index (χ3v) is 17.0. The zero-order valence-corrected chi connectivity index (χ0v) is 54.5. The zero-order chi connectivity index (χ0) is 60.0. The smallest absolute Gasteiger partial charge is 0.220 e. The topological polar surface area (TPSA) is 149 Å². The zero-order valence-electron chi connectivity index (χ0n) is 54.5. The molecule has 0 aliphatic carbocycles. The van der Waals surface area contributed by atoms with Crippen LogP contribution in [0.15, 0.2) is 60.8 Å². The van der Waals surface area contributed by atoms with Crippen LogP contribution in [-0.2, 0) is 14.3 Å². The number of carbonyl (C=O) groups is 1. The molecule has 1 heterocycles. The predicted octanol–water partition coefficient (Wildman–Crippen LogP) is 19.8. The molecule has 1 fully saturated rings. The molecule has 0 radical (unpaired) electrons. The quantitative estimate of drug-likeness (QED) is 0.0261. The monoisotopic (exact) mass is 1170 g/mol. The molecule has 6 N–H and O–H groups in total. The molecule has 1 aliphatic heterocycles. The summed E-state index contributed by atoms with van der Waals surface area (Å²) in [4.78, 5) is 13.1. The van der Waals surface area contributed by atoms with E-state index >= 15 is 0 Å². The minimum absolute atomic E-state index is 0.185. The van der Waals surface area contributed by atoms with Crippen molar-refractivity contribution in [2.24, 2.45) is 0 Å². The summed E-state index contributed by atoms with van der Waals surface area (Å²) in [7, 11) is 0. The number of allylic oxidation sites excluding steroid dienone is 9. The molecule has 9 heteroatoms. The SMILES string of the molecule is CCCCCCC/C=C\C/C=C\CCCCCCCCCCCCCCCCCCCCCCCCCCCC(=O)NC(COC1OC(CO)C(O)C(O)C1O)C(O)/C=C/CC/C=C/CC/C=C/CCCCCCCCCCCCCCC. The molecule has 7 atom stereocenters. The Kier molecular flexibility index (Phi) is 59.8. The first kappa shape index (κ1) is 78.9. The van der Waals surface area contributed by atoms with Crippen LogP contribution in [0.4, 0.5) is 0 Å². The van der Waals surface area contributed by atoms with Gasteiger partial charge in [0.15, 0.2) is 6.29 Å². The number of aliphatic hydroxyl groups is 5. The Morgan fingerprint density at radius 1 is 0.410 bits per heavy atom. The third-order valence-electron chi connectivity index (χ3n) is 17.0. The van der Waals surface area contributed by atoms with Gasteiger partial charge in [-0.25, -0.2) is 0 Å². The molecule has 9 nitrogen and oxygen atoms in total. The van der Waals surface area contributed by atoms with Gasteiger partial charge in [0.05, 0.1) is 25.4 Å². The highest BCUT2D eigenvalue weighted by Crippen LogP contribution is 2.23. The van der Waals surface area contributed by atoms with Gasteiger partial charge in [-0.3, -0.25) is 4.79 Å². The number of ether oxygens (including phenoxy) is 2. The Morgan fingerprint density at radius 3 is 1.08 bits per heavy atom. The van der Waals surface area contributed by atoms with E-state index in [-0.39, 0.29) is 12.5 Å². The van der Waals surface area contributed by atoms with E-state index < -0.39 is 49.5 Å². The van der Waals surface area contributed by atoms with Crippen molar-refractivity contribution in [2.45, 2.75) is 391 Å². The highest BCUT2D eigenvalue weighted by Gasteiger charge is 2.44. The van der Waals surface area contributed by atoms with Crippen molar-refractivity contribution >= 4 is 5.91 Å². The summed E-state index contributed by atoms with van der Waals surface area (Å²) in [5.74, 6) is -0.185. The van der Waals surface area contributed by atoms with Crippen molar-refractivity contribution in [2.75, 3.05) is 13.2 Å². The van der Waals surface area contributed by atoms with Crippen molar-refractivity contribution in [3.8, 4) is 0 Å². The number of aliphatic hydroxyl groups excluding tert-OH is 5. The molecular formula is C74H137NO8. The predicted molar refractivity (Wildman–Crippen MR) is 355 cm³/mol. The van der Waals surface area contributed by atoms with Crippen LogP contribution in [0, 0.1) is 0 Å². The summed E-state index contributed by atoms with van der Waals surface area (Å²) in [5, 5.41) is 54.7. The van der Waals surface area contributed by atoms with E-state index in [1.807, 2.05) is 6.08 Å². The number of unbranched alkanes of at least 4 members (excludes halogenated alkanes) is 45. The lowest BCUT2D eigenvalue weighted by atomic mass is 9.99. The van der Waals surface area contributed by atoms with Gasteiger partial charge < -0.3 is 40.3 Å². The molecule has 0 aromatic carbocycles. The largest absolute Gasteiger partial charge is 0.394 e. The second kappa shape index (κ2) is 62.9. The molecule has 7 unspecified atom stereocenters. The number of rotatable bonds is 63. The van der Waals surface area contributed by atoms with Crippen LogP contribution in [0.1, 0.15) is 348 Å². The number of carbonyl (C=O) groups excluding carboxylic acids is 1. The van der Waals surface area contributed by atoms with Crippen LogP contribution in [0.3, 0.4) is 0 Å². The van der Waals surface area contributed by atoms with Gasteiger partial charge >= 0.3 is 0 Å². The van der Waals surface area contributed by atoms with Crippen LogP contribution < -0.4 is 5.32 Å². The van der Waals surface area contributed by atoms with E-state index in [1.165, 1.54) is 276 Å². The molecule has 486 valence electrons. The molecule has 0 bridgehead atoms. The molecule has 1 saturated heterocycles. The van der Waals surface area contributed by atoms with E-state index in [1.54, 1.807) is 6.08 Å². The Bertz CT molecular complexity index is 1500. The van der Waals surface area contributed by atoms with E-state index in [0.29, 0.717) is 6.42 Å². The van der Waals surface area contributed by atoms with E-state index in [0.717, 1.165) is 51.4 Å². The summed E-state index contributed by atoms with van der Waals surface area (Å²) < 4.78 is 11.3. The number of hydrogen-bond donors (Lipinski definition) is 6. The van der Waals surface area contributed by atoms with Crippen LogP contribution >= 0.6 is 0 Å².